The number of carbonyl (C=O) groups excluding carboxylic acids is 1. The van der Waals surface area contributed by atoms with Crippen LogP contribution in [0.5, 0.6) is 5.75 Å². The number of morpholine rings is 1. The molecule has 7 heteroatoms. The second-order valence-electron chi connectivity index (χ2n) is 7.15. The molecular weight excluding hydrogens is 392 g/mol. The van der Waals surface area contributed by atoms with Crippen molar-refractivity contribution in [3.8, 4) is 23.1 Å². The molecule has 2 heterocycles. The van der Waals surface area contributed by atoms with E-state index in [4.69, 9.17) is 14.7 Å². The zero-order valence-electron chi connectivity index (χ0n) is 17.0. The van der Waals surface area contributed by atoms with Crippen LogP contribution in [0.15, 0.2) is 60.8 Å². The number of carbonyl (C=O) groups is 1. The Hall–Kier alpha value is -3.76. The summed E-state index contributed by atoms with van der Waals surface area (Å²) in [5, 5.41) is 9.10. The second-order valence-corrected chi connectivity index (χ2v) is 7.15. The molecule has 2 aromatic carbocycles. The molecule has 1 aliphatic rings. The molecule has 1 saturated heterocycles. The van der Waals surface area contributed by atoms with Gasteiger partial charge in [-0.25, -0.2) is 9.97 Å². The summed E-state index contributed by atoms with van der Waals surface area (Å²) in [6.07, 6.45) is 2.30. The van der Waals surface area contributed by atoms with E-state index >= 15 is 0 Å². The van der Waals surface area contributed by atoms with E-state index in [1.807, 2.05) is 48.5 Å². The quantitative estimate of drug-likeness (QED) is 0.616. The third kappa shape index (κ3) is 5.44. The molecule has 1 aromatic heterocycles. The molecule has 0 unspecified atom stereocenters. The van der Waals surface area contributed by atoms with Crippen molar-refractivity contribution in [1.82, 2.24) is 14.9 Å². The van der Waals surface area contributed by atoms with Crippen LogP contribution in [0.4, 0.5) is 0 Å². The Morgan fingerprint density at radius 1 is 1.13 bits per heavy atom. The molecule has 3 aromatic rings. The van der Waals surface area contributed by atoms with Crippen LogP contribution in [0, 0.1) is 11.3 Å². The van der Waals surface area contributed by atoms with Gasteiger partial charge in [0.1, 0.15) is 11.6 Å². The van der Waals surface area contributed by atoms with Gasteiger partial charge in [-0.05, 0) is 35.9 Å². The smallest absolute Gasteiger partial charge is 0.260 e. The highest BCUT2D eigenvalue weighted by Crippen LogP contribution is 2.19. The van der Waals surface area contributed by atoms with Gasteiger partial charge in [-0.2, -0.15) is 5.26 Å². The van der Waals surface area contributed by atoms with E-state index in [1.54, 1.807) is 17.2 Å². The van der Waals surface area contributed by atoms with Gasteiger partial charge in [0.2, 0.25) is 0 Å². The van der Waals surface area contributed by atoms with E-state index in [-0.39, 0.29) is 12.5 Å². The van der Waals surface area contributed by atoms with Crippen molar-refractivity contribution in [3.05, 3.63) is 77.7 Å². The summed E-state index contributed by atoms with van der Waals surface area (Å²) in [5.74, 6) is 1.31. The average Bonchev–Trinajstić information content (AvgIpc) is 2.84. The lowest BCUT2D eigenvalue weighted by molar-refractivity contribution is -0.137. The third-order valence-corrected chi connectivity index (χ3v) is 5.00. The zero-order chi connectivity index (χ0) is 21.5. The van der Waals surface area contributed by atoms with E-state index < -0.39 is 0 Å². The summed E-state index contributed by atoms with van der Waals surface area (Å²) in [6.45, 7) is 2.40. The summed E-state index contributed by atoms with van der Waals surface area (Å²) in [6, 6.07) is 18.9. The number of rotatable bonds is 6. The second kappa shape index (κ2) is 9.83. The number of nitriles is 1. The van der Waals surface area contributed by atoms with E-state index in [1.165, 1.54) is 0 Å². The number of aromatic nitrogens is 2. The Labute approximate surface area is 180 Å². The highest BCUT2D eigenvalue weighted by Gasteiger charge is 2.17. The van der Waals surface area contributed by atoms with Gasteiger partial charge in [0.15, 0.2) is 6.61 Å². The monoisotopic (exact) mass is 414 g/mol. The molecule has 0 aliphatic carbocycles. The molecule has 156 valence electrons. The fourth-order valence-electron chi connectivity index (χ4n) is 3.33. The van der Waals surface area contributed by atoms with Crippen LogP contribution in [0.2, 0.25) is 0 Å². The van der Waals surface area contributed by atoms with Gasteiger partial charge in [-0.1, -0.05) is 24.3 Å². The van der Waals surface area contributed by atoms with Gasteiger partial charge in [-0.15, -0.1) is 0 Å². The standard InChI is InChI=1S/C24H22N4O3/c25-16-19-2-1-3-20(14-19)22-8-9-26-23(27-22)15-18-4-6-21(7-5-18)31-17-24(29)28-10-12-30-13-11-28/h1-9,14H,10-13,15,17H2. The van der Waals surface area contributed by atoms with E-state index in [9.17, 15) is 4.79 Å². The molecule has 0 atom stereocenters. The van der Waals surface area contributed by atoms with E-state index in [2.05, 4.69) is 16.0 Å². The highest BCUT2D eigenvalue weighted by molar-refractivity contribution is 5.77. The Bertz CT molecular complexity index is 1090. The molecule has 0 bridgehead atoms. The lowest BCUT2D eigenvalue weighted by Gasteiger charge is -2.26. The summed E-state index contributed by atoms with van der Waals surface area (Å²) in [5.41, 5.74) is 3.30. The van der Waals surface area contributed by atoms with Gasteiger partial charge in [0, 0.05) is 31.3 Å². The van der Waals surface area contributed by atoms with Gasteiger partial charge >= 0.3 is 0 Å². The summed E-state index contributed by atoms with van der Waals surface area (Å²) < 4.78 is 10.9. The summed E-state index contributed by atoms with van der Waals surface area (Å²) >= 11 is 0. The molecule has 1 fully saturated rings. The van der Waals surface area contributed by atoms with Crippen LogP contribution >= 0.6 is 0 Å². The predicted molar refractivity (Wildman–Crippen MR) is 114 cm³/mol. The lowest BCUT2D eigenvalue weighted by Crippen LogP contribution is -2.42. The fraction of sp³-hybridized carbons (Fsp3) is 0.250. The molecular formula is C24H22N4O3. The van der Waals surface area contributed by atoms with Crippen molar-refractivity contribution in [2.45, 2.75) is 6.42 Å². The maximum Gasteiger partial charge on any atom is 0.260 e. The Kier molecular flexibility index (Phi) is 6.50. The Morgan fingerprint density at radius 3 is 2.71 bits per heavy atom. The molecule has 7 nitrogen and oxygen atoms in total. The van der Waals surface area contributed by atoms with Crippen LogP contribution < -0.4 is 4.74 Å². The number of benzene rings is 2. The lowest BCUT2D eigenvalue weighted by atomic mass is 10.1. The normalized spacial score (nSPS) is 13.5. The first-order valence-electron chi connectivity index (χ1n) is 10.1. The van der Waals surface area contributed by atoms with Gasteiger partial charge in [0.25, 0.3) is 5.91 Å². The van der Waals surface area contributed by atoms with Crippen LogP contribution in [0.3, 0.4) is 0 Å². The molecule has 0 spiro atoms. The van der Waals surface area contributed by atoms with Crippen LogP contribution in [-0.4, -0.2) is 53.7 Å². The van der Waals surface area contributed by atoms with Crippen molar-refractivity contribution < 1.29 is 14.3 Å². The van der Waals surface area contributed by atoms with Gasteiger partial charge in [-0.3, -0.25) is 4.79 Å². The first kappa shape index (κ1) is 20.5. The minimum absolute atomic E-state index is 0.0201. The van der Waals surface area contributed by atoms with Crippen molar-refractivity contribution in [2.24, 2.45) is 0 Å². The van der Waals surface area contributed by atoms with Crippen LogP contribution in [0.25, 0.3) is 11.3 Å². The van der Waals surface area contributed by atoms with Crippen LogP contribution in [0.1, 0.15) is 17.0 Å². The van der Waals surface area contributed by atoms with Crippen molar-refractivity contribution in [3.63, 3.8) is 0 Å². The minimum Gasteiger partial charge on any atom is -0.484 e. The highest BCUT2D eigenvalue weighted by atomic mass is 16.5. The first-order valence-corrected chi connectivity index (χ1v) is 10.1. The Morgan fingerprint density at radius 2 is 1.94 bits per heavy atom. The largest absolute Gasteiger partial charge is 0.484 e. The number of hydrogen-bond acceptors (Lipinski definition) is 6. The van der Waals surface area contributed by atoms with E-state index in [0.29, 0.717) is 49.9 Å². The minimum atomic E-state index is -0.0296. The van der Waals surface area contributed by atoms with Gasteiger partial charge < -0.3 is 14.4 Å². The third-order valence-electron chi connectivity index (χ3n) is 5.00. The van der Waals surface area contributed by atoms with Crippen molar-refractivity contribution in [1.29, 1.82) is 5.26 Å². The molecule has 0 N–H and O–H groups in total. The van der Waals surface area contributed by atoms with Gasteiger partial charge in [0.05, 0.1) is 30.5 Å². The molecule has 31 heavy (non-hydrogen) atoms. The van der Waals surface area contributed by atoms with Crippen molar-refractivity contribution >= 4 is 5.91 Å². The number of amides is 1. The summed E-state index contributed by atoms with van der Waals surface area (Å²) in [7, 11) is 0. The molecule has 0 saturated carbocycles. The first-order chi connectivity index (χ1) is 15.2. The van der Waals surface area contributed by atoms with E-state index in [0.717, 1.165) is 16.8 Å². The topological polar surface area (TPSA) is 88.3 Å². The fourth-order valence-corrected chi connectivity index (χ4v) is 3.33. The molecule has 4 rings (SSSR count). The van der Waals surface area contributed by atoms with Crippen molar-refractivity contribution in [2.75, 3.05) is 32.9 Å². The molecule has 1 aliphatic heterocycles. The number of nitrogens with zero attached hydrogens (tertiary/aromatic N) is 4. The maximum atomic E-state index is 12.2. The maximum absolute atomic E-state index is 12.2. The summed E-state index contributed by atoms with van der Waals surface area (Å²) in [4.78, 5) is 22.9. The zero-order valence-corrected chi connectivity index (χ0v) is 17.0. The SMILES string of the molecule is N#Cc1cccc(-c2ccnc(Cc3ccc(OCC(=O)N4CCOCC4)cc3)n2)c1. The molecule has 1 amide bonds. The Balaban J connectivity index is 1.36. The number of ether oxygens (including phenoxy) is 2. The van der Waals surface area contributed by atoms with Crippen LogP contribution in [-0.2, 0) is 16.0 Å². The predicted octanol–water partition coefficient (Wildman–Crippen LogP) is 2.84. The number of hydrogen-bond donors (Lipinski definition) is 0. The molecule has 0 radical (unpaired) electrons. The average molecular weight is 414 g/mol.